The first-order valence-electron chi connectivity index (χ1n) is 7.77. The third-order valence-corrected chi connectivity index (χ3v) is 3.84. The number of hydrogen-bond acceptors (Lipinski definition) is 6. The van der Waals surface area contributed by atoms with Gasteiger partial charge in [0.15, 0.2) is 5.82 Å². The van der Waals surface area contributed by atoms with E-state index in [1.807, 2.05) is 6.07 Å². The molecule has 1 N–H and O–H groups in total. The summed E-state index contributed by atoms with van der Waals surface area (Å²) in [6, 6.07) is 4.95. The van der Waals surface area contributed by atoms with E-state index in [0.717, 1.165) is 6.42 Å². The second-order valence-electron chi connectivity index (χ2n) is 5.60. The molecule has 3 heterocycles. The normalized spacial score (nSPS) is 16.9. The minimum atomic E-state index is -0.474. The molecule has 1 aliphatic heterocycles. The number of amides is 2. The first-order valence-corrected chi connectivity index (χ1v) is 7.77. The molecule has 0 aliphatic carbocycles. The van der Waals surface area contributed by atoms with Crippen molar-refractivity contribution in [1.82, 2.24) is 24.8 Å². The summed E-state index contributed by atoms with van der Waals surface area (Å²) in [4.78, 5) is 42.5. The van der Waals surface area contributed by atoms with E-state index in [-0.39, 0.29) is 17.8 Å². The number of carbonyl (C=O) groups is 2. The molecule has 1 fully saturated rings. The van der Waals surface area contributed by atoms with Crippen molar-refractivity contribution in [1.29, 1.82) is 0 Å². The standard InChI is InChI=1S/C16H18N6O2/c1-10-18-14(12-6-3-4-8-17-12)20-16(19-10)21-15(24)13-7-5-9-22(13)11(2)23/h3-4,6,8,13H,5,7,9H2,1-2H3,(H,18,19,20,21,24). The lowest BCUT2D eigenvalue weighted by Gasteiger charge is -2.21. The van der Waals surface area contributed by atoms with Crippen LogP contribution in [0.15, 0.2) is 24.4 Å². The van der Waals surface area contributed by atoms with E-state index in [1.165, 1.54) is 6.92 Å². The van der Waals surface area contributed by atoms with Crippen LogP contribution in [0, 0.1) is 6.92 Å². The van der Waals surface area contributed by atoms with Gasteiger partial charge in [0.25, 0.3) is 0 Å². The molecular weight excluding hydrogens is 308 g/mol. The zero-order valence-corrected chi connectivity index (χ0v) is 13.6. The van der Waals surface area contributed by atoms with Crippen LogP contribution in [0.3, 0.4) is 0 Å². The molecule has 0 spiro atoms. The maximum absolute atomic E-state index is 12.5. The Bertz CT molecular complexity index is 764. The summed E-state index contributed by atoms with van der Waals surface area (Å²) in [6.45, 7) is 3.79. The minimum absolute atomic E-state index is 0.103. The fraction of sp³-hybridized carbons (Fsp3) is 0.375. The van der Waals surface area contributed by atoms with Gasteiger partial charge < -0.3 is 4.90 Å². The predicted molar refractivity (Wildman–Crippen MR) is 86.8 cm³/mol. The quantitative estimate of drug-likeness (QED) is 0.909. The largest absolute Gasteiger partial charge is 0.331 e. The third kappa shape index (κ3) is 3.37. The van der Waals surface area contributed by atoms with Crippen molar-refractivity contribution in [2.24, 2.45) is 0 Å². The Balaban J connectivity index is 1.81. The van der Waals surface area contributed by atoms with Crippen molar-refractivity contribution in [3.05, 3.63) is 30.2 Å². The summed E-state index contributed by atoms with van der Waals surface area (Å²) in [5.41, 5.74) is 0.602. The summed E-state index contributed by atoms with van der Waals surface area (Å²) in [5.74, 6) is 0.668. The number of nitrogens with zero attached hydrogens (tertiary/aromatic N) is 5. The van der Waals surface area contributed by atoms with Crippen LogP contribution >= 0.6 is 0 Å². The van der Waals surface area contributed by atoms with E-state index in [1.54, 1.807) is 30.2 Å². The van der Waals surface area contributed by atoms with Crippen molar-refractivity contribution in [2.45, 2.75) is 32.7 Å². The van der Waals surface area contributed by atoms with Crippen LogP contribution in [-0.4, -0.2) is 49.2 Å². The fourth-order valence-electron chi connectivity index (χ4n) is 2.76. The van der Waals surface area contributed by atoms with Gasteiger partial charge in [-0.15, -0.1) is 0 Å². The van der Waals surface area contributed by atoms with Gasteiger partial charge in [-0.25, -0.2) is 4.98 Å². The molecule has 124 valence electrons. The monoisotopic (exact) mass is 326 g/mol. The lowest BCUT2D eigenvalue weighted by atomic mass is 10.2. The summed E-state index contributed by atoms with van der Waals surface area (Å²) in [7, 11) is 0. The average Bonchev–Trinajstić information content (AvgIpc) is 3.05. The minimum Gasteiger partial charge on any atom is -0.331 e. The Morgan fingerprint density at radius 3 is 2.79 bits per heavy atom. The van der Waals surface area contributed by atoms with Gasteiger partial charge in [-0.3, -0.25) is 19.9 Å². The maximum Gasteiger partial charge on any atom is 0.249 e. The SMILES string of the molecule is CC(=O)N1CCCC1C(=O)Nc1nc(C)nc(-c2ccccn2)n1. The molecule has 2 aromatic rings. The van der Waals surface area contributed by atoms with Gasteiger partial charge in [-0.05, 0) is 31.9 Å². The molecule has 1 aliphatic rings. The summed E-state index contributed by atoms with van der Waals surface area (Å²) < 4.78 is 0. The van der Waals surface area contributed by atoms with Crippen LogP contribution in [0.2, 0.25) is 0 Å². The van der Waals surface area contributed by atoms with E-state index in [4.69, 9.17) is 0 Å². The van der Waals surface area contributed by atoms with Crippen molar-refractivity contribution in [2.75, 3.05) is 11.9 Å². The van der Waals surface area contributed by atoms with Crippen LogP contribution in [-0.2, 0) is 9.59 Å². The van der Waals surface area contributed by atoms with Crippen LogP contribution in [0.4, 0.5) is 5.95 Å². The number of nitrogens with one attached hydrogen (secondary N) is 1. The maximum atomic E-state index is 12.5. The van der Waals surface area contributed by atoms with Crippen molar-refractivity contribution >= 4 is 17.8 Å². The van der Waals surface area contributed by atoms with Gasteiger partial charge in [-0.1, -0.05) is 6.07 Å². The molecule has 8 heteroatoms. The topological polar surface area (TPSA) is 101 Å². The number of anilines is 1. The van der Waals surface area contributed by atoms with Crippen LogP contribution in [0.25, 0.3) is 11.5 Å². The second kappa shape index (κ2) is 6.69. The van der Waals surface area contributed by atoms with Gasteiger partial charge in [-0.2, -0.15) is 9.97 Å². The zero-order chi connectivity index (χ0) is 17.1. The first-order chi connectivity index (χ1) is 11.5. The van der Waals surface area contributed by atoms with Gasteiger partial charge in [0.05, 0.1) is 0 Å². The lowest BCUT2D eigenvalue weighted by Crippen LogP contribution is -2.42. The molecule has 2 amide bonds. The zero-order valence-electron chi connectivity index (χ0n) is 13.6. The number of pyridine rings is 1. The average molecular weight is 326 g/mol. The summed E-state index contributed by atoms with van der Waals surface area (Å²) in [6.07, 6.45) is 3.10. The molecule has 3 rings (SSSR count). The summed E-state index contributed by atoms with van der Waals surface area (Å²) >= 11 is 0. The molecule has 24 heavy (non-hydrogen) atoms. The Kier molecular flexibility index (Phi) is 4.45. The van der Waals surface area contributed by atoms with E-state index < -0.39 is 6.04 Å². The molecule has 1 atom stereocenters. The fourth-order valence-corrected chi connectivity index (χ4v) is 2.76. The smallest absolute Gasteiger partial charge is 0.249 e. The molecule has 2 aromatic heterocycles. The Labute approximate surface area is 139 Å². The Hall–Kier alpha value is -2.90. The molecule has 0 saturated carbocycles. The molecule has 1 unspecified atom stereocenters. The Morgan fingerprint density at radius 2 is 2.08 bits per heavy atom. The van der Waals surface area contributed by atoms with Gasteiger partial charge >= 0.3 is 0 Å². The number of likely N-dealkylation sites (tertiary alicyclic amines) is 1. The number of carbonyl (C=O) groups excluding carboxylic acids is 2. The molecule has 0 radical (unpaired) electrons. The van der Waals surface area contributed by atoms with E-state index in [2.05, 4.69) is 25.3 Å². The van der Waals surface area contributed by atoms with E-state index in [9.17, 15) is 9.59 Å². The van der Waals surface area contributed by atoms with Crippen LogP contribution in [0.1, 0.15) is 25.6 Å². The van der Waals surface area contributed by atoms with Crippen molar-refractivity contribution in [3.63, 3.8) is 0 Å². The van der Waals surface area contributed by atoms with Gasteiger partial charge in [0.1, 0.15) is 17.6 Å². The van der Waals surface area contributed by atoms with E-state index >= 15 is 0 Å². The lowest BCUT2D eigenvalue weighted by molar-refractivity contribution is -0.134. The molecular formula is C16H18N6O2. The number of hydrogen-bond donors (Lipinski definition) is 1. The van der Waals surface area contributed by atoms with Crippen LogP contribution < -0.4 is 5.32 Å². The van der Waals surface area contributed by atoms with Crippen molar-refractivity contribution in [3.8, 4) is 11.5 Å². The number of rotatable bonds is 3. The highest BCUT2D eigenvalue weighted by Gasteiger charge is 2.32. The summed E-state index contributed by atoms with van der Waals surface area (Å²) in [5, 5.41) is 2.70. The predicted octanol–water partition coefficient (Wildman–Crippen LogP) is 1.19. The highest BCUT2D eigenvalue weighted by atomic mass is 16.2. The molecule has 0 aromatic carbocycles. The van der Waals surface area contributed by atoms with E-state index in [0.29, 0.717) is 30.3 Å². The Morgan fingerprint density at radius 1 is 1.25 bits per heavy atom. The highest BCUT2D eigenvalue weighted by Crippen LogP contribution is 2.19. The van der Waals surface area contributed by atoms with Crippen molar-refractivity contribution < 1.29 is 9.59 Å². The first kappa shape index (κ1) is 16.0. The molecule has 8 nitrogen and oxygen atoms in total. The van der Waals surface area contributed by atoms with Gasteiger partial charge in [0, 0.05) is 19.7 Å². The third-order valence-electron chi connectivity index (χ3n) is 3.84. The number of aromatic nitrogens is 4. The molecule has 1 saturated heterocycles. The van der Waals surface area contributed by atoms with Crippen LogP contribution in [0.5, 0.6) is 0 Å². The second-order valence-corrected chi connectivity index (χ2v) is 5.60. The molecule has 0 bridgehead atoms. The highest BCUT2D eigenvalue weighted by molar-refractivity contribution is 5.96. The number of aryl methyl sites for hydroxylation is 1. The van der Waals surface area contributed by atoms with Gasteiger partial charge in [0.2, 0.25) is 17.8 Å².